The molecule has 1 aromatic heterocycles. The van der Waals surface area contributed by atoms with Crippen LogP contribution in [-0.2, 0) is 25.5 Å². The molecule has 3 amide bonds. The number of aliphatic hydroxyl groups excluding tert-OH is 1. The molecule has 0 radical (unpaired) electrons. The Labute approximate surface area is 276 Å². The first-order valence-electron chi connectivity index (χ1n) is 14.9. The largest absolute Gasteiger partial charge is 0.449 e. The van der Waals surface area contributed by atoms with E-state index in [4.69, 9.17) is 21.1 Å². The van der Waals surface area contributed by atoms with E-state index < -0.39 is 53.4 Å². The summed E-state index contributed by atoms with van der Waals surface area (Å²) in [6.07, 6.45) is 0.0370. The van der Waals surface area contributed by atoms with Crippen LogP contribution in [0, 0.1) is 17.0 Å². The standard InChI is InChI=1S/C33H39ClF2N4O7/c1-32(2,3)47-31(45)39-25(19-41)29(43)37-14-12-33(4,26(42)11-9-20-6-5-7-24(36)28(20)34)13-15-46-30(44)40-27-17-22-16-23(35)10-8-21(22)18-38-27/h5-8,10,16-18,25,41H,9,11-15,19H2,1-4H3,(H,37,43)(H,39,45)(H,38,40,44)/t25-,33?/m0/s1. The second-order valence-corrected chi connectivity index (χ2v) is 12.6. The molecule has 2 atom stereocenters. The van der Waals surface area contributed by atoms with Gasteiger partial charge in [-0.3, -0.25) is 14.9 Å². The van der Waals surface area contributed by atoms with E-state index in [1.807, 2.05) is 0 Å². The van der Waals surface area contributed by atoms with Gasteiger partial charge in [0.25, 0.3) is 0 Å². The lowest BCUT2D eigenvalue weighted by atomic mass is 9.77. The molecule has 0 aliphatic heterocycles. The molecule has 3 aromatic rings. The van der Waals surface area contributed by atoms with Crippen LogP contribution in [0.1, 0.15) is 52.5 Å². The molecule has 3 rings (SSSR count). The van der Waals surface area contributed by atoms with E-state index in [1.165, 1.54) is 36.5 Å². The van der Waals surface area contributed by atoms with Gasteiger partial charge in [-0.25, -0.2) is 23.4 Å². The minimum atomic E-state index is -1.30. The highest BCUT2D eigenvalue weighted by molar-refractivity contribution is 6.31. The summed E-state index contributed by atoms with van der Waals surface area (Å²) >= 11 is 6.07. The number of anilines is 1. The molecule has 1 unspecified atom stereocenters. The topological polar surface area (TPSA) is 156 Å². The van der Waals surface area contributed by atoms with Gasteiger partial charge in [-0.05, 0) is 81.3 Å². The first kappa shape index (κ1) is 37.1. The summed E-state index contributed by atoms with van der Waals surface area (Å²) in [6.45, 7) is 5.68. The Morgan fingerprint density at radius 2 is 1.74 bits per heavy atom. The van der Waals surface area contributed by atoms with Gasteiger partial charge in [-0.2, -0.15) is 0 Å². The Morgan fingerprint density at radius 1 is 1.00 bits per heavy atom. The number of amides is 3. The van der Waals surface area contributed by atoms with Gasteiger partial charge in [-0.1, -0.05) is 30.7 Å². The molecule has 0 saturated carbocycles. The van der Waals surface area contributed by atoms with Gasteiger partial charge in [0, 0.05) is 30.0 Å². The van der Waals surface area contributed by atoms with Crippen molar-refractivity contribution in [1.29, 1.82) is 0 Å². The van der Waals surface area contributed by atoms with Gasteiger partial charge in [0.1, 0.15) is 34.9 Å². The monoisotopic (exact) mass is 676 g/mol. The highest BCUT2D eigenvalue weighted by Crippen LogP contribution is 2.30. The number of Topliss-reactive ketones (excluding diaryl/α,β-unsaturated/α-hetero) is 1. The summed E-state index contributed by atoms with van der Waals surface area (Å²) in [6, 6.07) is 8.68. The molecular weight excluding hydrogens is 638 g/mol. The molecule has 254 valence electrons. The van der Waals surface area contributed by atoms with E-state index in [1.54, 1.807) is 39.8 Å². The predicted octanol–water partition coefficient (Wildman–Crippen LogP) is 5.71. The highest BCUT2D eigenvalue weighted by atomic mass is 35.5. The zero-order valence-corrected chi connectivity index (χ0v) is 27.4. The fourth-order valence-corrected chi connectivity index (χ4v) is 4.83. The number of carbonyl (C=O) groups is 4. The summed E-state index contributed by atoms with van der Waals surface area (Å²) in [4.78, 5) is 55.0. The molecular formula is C33H39ClF2N4O7. The number of nitrogens with one attached hydrogen (secondary N) is 3. The maximum atomic E-state index is 13.9. The second-order valence-electron chi connectivity index (χ2n) is 12.2. The van der Waals surface area contributed by atoms with Crippen molar-refractivity contribution in [2.45, 2.75) is 65.0 Å². The number of ketones is 1. The van der Waals surface area contributed by atoms with Gasteiger partial charge in [0.15, 0.2) is 0 Å². The maximum absolute atomic E-state index is 13.9. The third kappa shape index (κ3) is 11.4. The summed E-state index contributed by atoms with van der Waals surface area (Å²) < 4.78 is 38.0. The number of aryl methyl sites for hydroxylation is 1. The van der Waals surface area contributed by atoms with Crippen LogP contribution < -0.4 is 16.0 Å². The number of rotatable bonds is 14. The third-order valence-corrected chi connectivity index (χ3v) is 7.72. The molecule has 14 heteroatoms. The minimum absolute atomic E-state index is 0.0170. The maximum Gasteiger partial charge on any atom is 0.412 e. The van der Waals surface area contributed by atoms with Gasteiger partial charge in [-0.15, -0.1) is 0 Å². The Balaban J connectivity index is 1.63. The average Bonchev–Trinajstić information content (AvgIpc) is 2.99. The normalized spacial score (nSPS) is 13.3. The fraction of sp³-hybridized carbons (Fsp3) is 0.424. The first-order chi connectivity index (χ1) is 22.1. The number of pyridine rings is 1. The number of hydrogen-bond acceptors (Lipinski definition) is 8. The molecule has 11 nitrogen and oxygen atoms in total. The van der Waals surface area contributed by atoms with Crippen LogP contribution in [0.25, 0.3) is 10.8 Å². The summed E-state index contributed by atoms with van der Waals surface area (Å²) in [7, 11) is 0. The lowest BCUT2D eigenvalue weighted by Crippen LogP contribution is -2.50. The quantitative estimate of drug-likeness (QED) is 0.169. The van der Waals surface area contributed by atoms with Crippen LogP contribution in [-0.4, -0.2) is 65.4 Å². The van der Waals surface area contributed by atoms with Gasteiger partial charge in [0.05, 0.1) is 18.2 Å². The van der Waals surface area contributed by atoms with Gasteiger partial charge in [0.2, 0.25) is 5.91 Å². The Kier molecular flexibility index (Phi) is 13.0. The van der Waals surface area contributed by atoms with Crippen molar-refractivity contribution in [2.75, 3.05) is 25.1 Å². The number of benzene rings is 2. The van der Waals surface area contributed by atoms with Gasteiger partial charge >= 0.3 is 12.2 Å². The number of alkyl carbamates (subject to hydrolysis) is 1. The van der Waals surface area contributed by atoms with Crippen molar-refractivity contribution in [3.63, 3.8) is 0 Å². The molecule has 0 aliphatic carbocycles. The van der Waals surface area contributed by atoms with E-state index in [-0.39, 0.29) is 55.5 Å². The average molecular weight is 677 g/mol. The molecule has 0 spiro atoms. The number of halogens is 3. The number of aliphatic hydroxyl groups is 1. The Bertz CT molecular complexity index is 1600. The first-order valence-corrected chi connectivity index (χ1v) is 15.3. The van der Waals surface area contributed by atoms with E-state index in [2.05, 4.69) is 20.9 Å². The molecule has 0 bridgehead atoms. The zero-order chi connectivity index (χ0) is 34.8. The molecule has 47 heavy (non-hydrogen) atoms. The lowest BCUT2D eigenvalue weighted by molar-refractivity contribution is -0.130. The highest BCUT2D eigenvalue weighted by Gasteiger charge is 2.33. The van der Waals surface area contributed by atoms with Crippen molar-refractivity contribution in [2.24, 2.45) is 5.41 Å². The van der Waals surface area contributed by atoms with Crippen molar-refractivity contribution in [3.05, 3.63) is 70.9 Å². The van der Waals surface area contributed by atoms with E-state index in [0.29, 0.717) is 16.3 Å². The Morgan fingerprint density at radius 3 is 2.45 bits per heavy atom. The minimum Gasteiger partial charge on any atom is -0.449 e. The van der Waals surface area contributed by atoms with Gasteiger partial charge < -0.3 is 25.2 Å². The predicted molar refractivity (Wildman–Crippen MR) is 172 cm³/mol. The van der Waals surface area contributed by atoms with Crippen LogP contribution >= 0.6 is 11.6 Å². The second kappa shape index (κ2) is 16.5. The van der Waals surface area contributed by atoms with Crippen LogP contribution in [0.2, 0.25) is 5.02 Å². The lowest BCUT2D eigenvalue weighted by Gasteiger charge is -2.29. The van der Waals surface area contributed by atoms with E-state index in [9.17, 15) is 33.1 Å². The van der Waals surface area contributed by atoms with Crippen LogP contribution in [0.4, 0.5) is 24.2 Å². The number of hydrogen-bond donors (Lipinski definition) is 4. The zero-order valence-electron chi connectivity index (χ0n) is 26.6. The number of fused-ring (bicyclic) bond motifs is 1. The summed E-state index contributed by atoms with van der Waals surface area (Å²) in [5.74, 6) is -1.85. The number of aromatic nitrogens is 1. The molecule has 2 aromatic carbocycles. The van der Waals surface area contributed by atoms with Crippen molar-refractivity contribution in [3.8, 4) is 0 Å². The summed E-state index contributed by atoms with van der Waals surface area (Å²) in [5.41, 5.74) is -1.49. The van der Waals surface area contributed by atoms with Crippen molar-refractivity contribution in [1.82, 2.24) is 15.6 Å². The van der Waals surface area contributed by atoms with E-state index >= 15 is 0 Å². The number of ether oxygens (including phenoxy) is 2. The van der Waals surface area contributed by atoms with E-state index in [0.717, 1.165) is 0 Å². The SMILES string of the molecule is CC(C)(C)OC(=O)N[C@@H](CO)C(=O)NCCC(C)(CCOC(=O)Nc1cc2cc(F)ccc2cn1)C(=O)CCc1cccc(F)c1Cl. The molecule has 1 heterocycles. The van der Waals surface area contributed by atoms with Crippen molar-refractivity contribution >= 4 is 52.1 Å². The van der Waals surface area contributed by atoms with Crippen molar-refractivity contribution < 1.29 is 42.5 Å². The molecule has 4 N–H and O–H groups in total. The smallest absolute Gasteiger partial charge is 0.412 e. The van der Waals surface area contributed by atoms with Crippen LogP contribution in [0.3, 0.4) is 0 Å². The van der Waals surface area contributed by atoms with Crippen LogP contribution in [0.5, 0.6) is 0 Å². The molecule has 0 saturated heterocycles. The van der Waals surface area contributed by atoms with Crippen LogP contribution in [0.15, 0.2) is 48.7 Å². The summed E-state index contributed by atoms with van der Waals surface area (Å²) in [5, 5.41) is 18.2. The molecule has 0 aliphatic rings. The number of carbonyl (C=O) groups excluding carboxylic acids is 4. The third-order valence-electron chi connectivity index (χ3n) is 7.29. The Hall–Kier alpha value is -4.36. The molecule has 0 fully saturated rings. The fourth-order valence-electron chi connectivity index (χ4n) is 4.61. The number of nitrogens with zero attached hydrogens (tertiary/aromatic N) is 1.